The molecule has 0 fully saturated rings. The van der Waals surface area contributed by atoms with Gasteiger partial charge in [-0.05, 0) is 38.9 Å². The van der Waals surface area contributed by atoms with Crippen LogP contribution in [0.2, 0.25) is 10.0 Å². The van der Waals surface area contributed by atoms with E-state index >= 15 is 0 Å². The molecule has 0 saturated carbocycles. The van der Waals surface area contributed by atoms with Crippen molar-refractivity contribution >= 4 is 23.2 Å². The average Bonchev–Trinajstić information content (AvgIpc) is 2.34. The largest absolute Gasteiger partial charge is 0.382 e. The van der Waals surface area contributed by atoms with Gasteiger partial charge in [0, 0.05) is 29.8 Å². The maximum Gasteiger partial charge on any atom is 0.142 e. The van der Waals surface area contributed by atoms with E-state index < -0.39 is 5.82 Å². The Bertz CT molecular complexity index is 387. The van der Waals surface area contributed by atoms with E-state index in [1.54, 1.807) is 0 Å². The lowest BCUT2D eigenvalue weighted by Gasteiger charge is -2.17. The van der Waals surface area contributed by atoms with E-state index in [0.29, 0.717) is 17.2 Å². The van der Waals surface area contributed by atoms with E-state index in [1.165, 1.54) is 12.1 Å². The molecule has 0 saturated heterocycles. The molecule has 1 aromatic carbocycles. The van der Waals surface area contributed by atoms with Gasteiger partial charge in [-0.3, -0.25) is 0 Å². The fourth-order valence-corrected chi connectivity index (χ4v) is 2.38. The molecule has 0 aliphatic heterocycles. The van der Waals surface area contributed by atoms with Gasteiger partial charge in [0.2, 0.25) is 0 Å². The molecule has 102 valence electrons. The van der Waals surface area contributed by atoms with Gasteiger partial charge in [0.05, 0.1) is 5.02 Å². The van der Waals surface area contributed by atoms with Gasteiger partial charge in [-0.25, -0.2) is 4.39 Å². The molecule has 5 heteroatoms. The monoisotopic (exact) mass is 293 g/mol. The van der Waals surface area contributed by atoms with Gasteiger partial charge >= 0.3 is 0 Å². The third-order valence-corrected chi connectivity index (χ3v) is 3.35. The highest BCUT2D eigenvalue weighted by atomic mass is 35.5. The number of benzene rings is 1. The summed E-state index contributed by atoms with van der Waals surface area (Å²) in [6, 6.07) is 2.70. The van der Waals surface area contributed by atoms with E-state index in [2.05, 4.69) is 5.32 Å². The van der Waals surface area contributed by atoms with Gasteiger partial charge in [0.1, 0.15) is 5.82 Å². The molecular weight excluding hydrogens is 276 g/mol. The minimum absolute atomic E-state index is 0.0901. The molecule has 0 aliphatic carbocycles. The van der Waals surface area contributed by atoms with E-state index in [-0.39, 0.29) is 11.1 Å². The van der Waals surface area contributed by atoms with Crippen LogP contribution >= 0.6 is 23.2 Å². The SMILES string of the molecule is CCOCCCNC(C)c1c(Cl)ccc(F)c1Cl. The molecule has 1 N–H and O–H groups in total. The third-order valence-electron chi connectivity index (χ3n) is 2.63. The number of ether oxygens (including phenoxy) is 1. The van der Waals surface area contributed by atoms with Crippen molar-refractivity contribution in [1.29, 1.82) is 0 Å². The van der Waals surface area contributed by atoms with Crippen molar-refractivity contribution in [3.63, 3.8) is 0 Å². The van der Waals surface area contributed by atoms with Crippen LogP contribution in [0.4, 0.5) is 4.39 Å². The van der Waals surface area contributed by atoms with Crippen LogP contribution in [-0.4, -0.2) is 19.8 Å². The number of hydrogen-bond donors (Lipinski definition) is 1. The minimum atomic E-state index is -0.445. The summed E-state index contributed by atoms with van der Waals surface area (Å²) in [4.78, 5) is 0. The predicted molar refractivity (Wildman–Crippen MR) is 73.9 cm³/mol. The van der Waals surface area contributed by atoms with Crippen molar-refractivity contribution in [2.24, 2.45) is 0 Å². The predicted octanol–water partition coefficient (Wildman–Crippen LogP) is 4.21. The molecule has 1 unspecified atom stereocenters. The standard InChI is InChI=1S/C13H18Cl2FNO/c1-3-18-8-4-7-17-9(2)12-10(14)5-6-11(16)13(12)15/h5-6,9,17H,3-4,7-8H2,1-2H3. The number of halogens is 3. The first-order chi connectivity index (χ1) is 8.57. The highest BCUT2D eigenvalue weighted by Gasteiger charge is 2.16. The van der Waals surface area contributed by atoms with Crippen LogP contribution in [0.3, 0.4) is 0 Å². The topological polar surface area (TPSA) is 21.3 Å². The third kappa shape index (κ3) is 4.39. The van der Waals surface area contributed by atoms with E-state index in [4.69, 9.17) is 27.9 Å². The molecule has 0 radical (unpaired) electrons. The Morgan fingerprint density at radius 2 is 2.11 bits per heavy atom. The lowest BCUT2D eigenvalue weighted by Crippen LogP contribution is -2.21. The van der Waals surface area contributed by atoms with Gasteiger partial charge in [0.15, 0.2) is 0 Å². The fraction of sp³-hybridized carbons (Fsp3) is 0.538. The maximum absolute atomic E-state index is 13.4. The van der Waals surface area contributed by atoms with Crippen LogP contribution < -0.4 is 5.32 Å². The second-order valence-corrected chi connectivity index (χ2v) is 4.77. The number of hydrogen-bond acceptors (Lipinski definition) is 2. The van der Waals surface area contributed by atoms with Crippen LogP contribution in [0, 0.1) is 5.82 Å². The second-order valence-electron chi connectivity index (χ2n) is 3.98. The maximum atomic E-state index is 13.4. The van der Waals surface area contributed by atoms with Gasteiger partial charge in [0.25, 0.3) is 0 Å². The van der Waals surface area contributed by atoms with Crippen LogP contribution in [0.5, 0.6) is 0 Å². The Kier molecular flexibility index (Phi) is 6.94. The van der Waals surface area contributed by atoms with Crippen LogP contribution in [-0.2, 0) is 4.74 Å². The molecule has 1 atom stereocenters. The summed E-state index contributed by atoms with van der Waals surface area (Å²) in [7, 11) is 0. The Morgan fingerprint density at radius 1 is 1.39 bits per heavy atom. The molecule has 0 aliphatic rings. The Morgan fingerprint density at radius 3 is 2.78 bits per heavy atom. The Balaban J connectivity index is 2.56. The molecule has 1 aromatic rings. The van der Waals surface area contributed by atoms with Crippen LogP contribution in [0.1, 0.15) is 31.9 Å². The first kappa shape index (κ1) is 15.7. The van der Waals surface area contributed by atoms with E-state index in [9.17, 15) is 4.39 Å². The molecule has 0 aromatic heterocycles. The average molecular weight is 294 g/mol. The second kappa shape index (κ2) is 7.95. The van der Waals surface area contributed by atoms with Gasteiger partial charge in [-0.2, -0.15) is 0 Å². The van der Waals surface area contributed by atoms with Crippen molar-refractivity contribution in [3.8, 4) is 0 Å². The number of nitrogens with one attached hydrogen (secondary N) is 1. The Hall–Kier alpha value is -0.350. The van der Waals surface area contributed by atoms with Crippen molar-refractivity contribution in [1.82, 2.24) is 5.32 Å². The zero-order valence-electron chi connectivity index (χ0n) is 10.6. The summed E-state index contributed by atoms with van der Waals surface area (Å²) in [5.41, 5.74) is 0.606. The van der Waals surface area contributed by atoms with Crippen LogP contribution in [0.25, 0.3) is 0 Å². The Labute approximate surface area is 117 Å². The van der Waals surface area contributed by atoms with Crippen LogP contribution in [0.15, 0.2) is 12.1 Å². The molecule has 0 bridgehead atoms. The van der Waals surface area contributed by atoms with Gasteiger partial charge < -0.3 is 10.1 Å². The first-order valence-electron chi connectivity index (χ1n) is 6.02. The quantitative estimate of drug-likeness (QED) is 0.601. The van der Waals surface area contributed by atoms with Crippen molar-refractivity contribution in [2.45, 2.75) is 26.3 Å². The summed E-state index contributed by atoms with van der Waals surface area (Å²) in [6.45, 7) is 6.07. The van der Waals surface area contributed by atoms with E-state index in [0.717, 1.165) is 19.6 Å². The summed E-state index contributed by atoms with van der Waals surface area (Å²) in [6.07, 6.45) is 0.892. The fourth-order valence-electron chi connectivity index (χ4n) is 1.68. The molecule has 18 heavy (non-hydrogen) atoms. The van der Waals surface area contributed by atoms with Gasteiger partial charge in [-0.1, -0.05) is 23.2 Å². The highest BCUT2D eigenvalue weighted by Crippen LogP contribution is 2.32. The molecular formula is C13H18Cl2FNO. The smallest absolute Gasteiger partial charge is 0.142 e. The summed E-state index contributed by atoms with van der Waals surface area (Å²) < 4.78 is 18.6. The highest BCUT2D eigenvalue weighted by molar-refractivity contribution is 6.36. The summed E-state index contributed by atoms with van der Waals surface area (Å²) >= 11 is 12.0. The van der Waals surface area contributed by atoms with E-state index in [1.807, 2.05) is 13.8 Å². The zero-order valence-corrected chi connectivity index (χ0v) is 12.1. The molecule has 2 nitrogen and oxygen atoms in total. The van der Waals surface area contributed by atoms with Crippen molar-refractivity contribution in [2.75, 3.05) is 19.8 Å². The lowest BCUT2D eigenvalue weighted by atomic mass is 10.1. The first-order valence-corrected chi connectivity index (χ1v) is 6.78. The van der Waals surface area contributed by atoms with Crippen molar-refractivity contribution in [3.05, 3.63) is 33.6 Å². The van der Waals surface area contributed by atoms with Crippen molar-refractivity contribution < 1.29 is 9.13 Å². The normalized spacial score (nSPS) is 12.7. The number of rotatable bonds is 7. The summed E-state index contributed by atoms with van der Waals surface area (Å²) in [5.74, 6) is -0.445. The van der Waals surface area contributed by atoms with Gasteiger partial charge in [-0.15, -0.1) is 0 Å². The lowest BCUT2D eigenvalue weighted by molar-refractivity contribution is 0.144. The minimum Gasteiger partial charge on any atom is -0.382 e. The molecule has 0 heterocycles. The molecule has 1 rings (SSSR count). The zero-order chi connectivity index (χ0) is 13.5. The molecule has 0 spiro atoms. The molecule has 0 amide bonds. The summed E-state index contributed by atoms with van der Waals surface area (Å²) in [5, 5.41) is 3.82.